The van der Waals surface area contributed by atoms with E-state index in [1.807, 2.05) is 6.92 Å². The predicted octanol–water partition coefficient (Wildman–Crippen LogP) is 3.32. The first-order chi connectivity index (χ1) is 13.7. The van der Waals surface area contributed by atoms with Crippen molar-refractivity contribution in [3.63, 3.8) is 0 Å². The molecule has 6 nitrogen and oxygen atoms in total. The molecular formula is C22H24FNO5. The average Bonchev–Trinajstić information content (AvgIpc) is 2.69. The van der Waals surface area contributed by atoms with Crippen LogP contribution in [-0.4, -0.2) is 37.4 Å². The van der Waals surface area contributed by atoms with E-state index in [0.717, 1.165) is 11.6 Å². The van der Waals surface area contributed by atoms with Crippen molar-refractivity contribution in [1.82, 2.24) is 5.32 Å². The maximum atomic E-state index is 13.7. The summed E-state index contributed by atoms with van der Waals surface area (Å²) in [6.45, 7) is 4.85. The van der Waals surface area contributed by atoms with Crippen LogP contribution >= 0.6 is 0 Å². The maximum absolute atomic E-state index is 13.7. The number of hydrogen-bond donors (Lipinski definition) is 1. The van der Waals surface area contributed by atoms with Gasteiger partial charge in [-0.15, -0.1) is 0 Å². The largest absolute Gasteiger partial charge is 0.494 e. The number of carbonyl (C=O) groups is 3. The maximum Gasteiger partial charge on any atom is 0.329 e. The third kappa shape index (κ3) is 5.88. The van der Waals surface area contributed by atoms with Gasteiger partial charge in [-0.1, -0.05) is 31.5 Å². The van der Waals surface area contributed by atoms with Crippen LogP contribution in [0.5, 0.6) is 5.75 Å². The van der Waals surface area contributed by atoms with Gasteiger partial charge in [0, 0.05) is 11.1 Å². The number of carbonyl (C=O) groups excluding carboxylic acids is 3. The van der Waals surface area contributed by atoms with Crippen molar-refractivity contribution in [1.29, 1.82) is 0 Å². The van der Waals surface area contributed by atoms with Crippen molar-refractivity contribution < 1.29 is 28.2 Å². The van der Waals surface area contributed by atoms with Crippen molar-refractivity contribution in [3.05, 3.63) is 65.0 Å². The number of methoxy groups -OCH3 is 1. The summed E-state index contributed by atoms with van der Waals surface area (Å²) in [6.07, 6.45) is 0. The minimum Gasteiger partial charge on any atom is -0.494 e. The van der Waals surface area contributed by atoms with Gasteiger partial charge in [0.25, 0.3) is 5.91 Å². The van der Waals surface area contributed by atoms with Crippen LogP contribution in [0.3, 0.4) is 0 Å². The number of Topliss-reactive ketones (excluding diaryl/α,β-unsaturated/α-hetero) is 1. The molecule has 0 aromatic heterocycles. The summed E-state index contributed by atoms with van der Waals surface area (Å²) in [4.78, 5) is 37.0. The summed E-state index contributed by atoms with van der Waals surface area (Å²) in [6, 6.07) is 9.72. The molecule has 1 unspecified atom stereocenters. The number of benzene rings is 2. The van der Waals surface area contributed by atoms with Gasteiger partial charge in [-0.3, -0.25) is 9.59 Å². The fourth-order valence-corrected chi connectivity index (χ4v) is 2.58. The van der Waals surface area contributed by atoms with Crippen LogP contribution in [0.1, 0.15) is 40.1 Å². The molecule has 2 aromatic carbocycles. The Labute approximate surface area is 169 Å². The average molecular weight is 401 g/mol. The second-order valence-electron chi connectivity index (χ2n) is 6.94. The van der Waals surface area contributed by atoms with Crippen molar-refractivity contribution in [3.8, 4) is 5.75 Å². The number of hydrogen-bond acceptors (Lipinski definition) is 5. The number of aryl methyl sites for hydroxylation is 1. The van der Waals surface area contributed by atoms with E-state index in [0.29, 0.717) is 5.56 Å². The van der Waals surface area contributed by atoms with Crippen molar-refractivity contribution in [2.45, 2.75) is 26.8 Å². The van der Waals surface area contributed by atoms with Crippen LogP contribution in [0.4, 0.5) is 4.39 Å². The summed E-state index contributed by atoms with van der Waals surface area (Å²) in [5.41, 5.74) is 1.48. The van der Waals surface area contributed by atoms with Gasteiger partial charge in [-0.05, 0) is 43.2 Å². The number of halogens is 1. The van der Waals surface area contributed by atoms with Crippen LogP contribution in [0.2, 0.25) is 0 Å². The molecule has 1 N–H and O–H groups in total. The fourth-order valence-electron chi connectivity index (χ4n) is 2.58. The summed E-state index contributed by atoms with van der Waals surface area (Å²) < 4.78 is 23.6. The van der Waals surface area contributed by atoms with Gasteiger partial charge in [-0.2, -0.15) is 0 Å². The Morgan fingerprint density at radius 3 is 2.21 bits per heavy atom. The molecule has 0 aliphatic heterocycles. The molecule has 0 heterocycles. The summed E-state index contributed by atoms with van der Waals surface area (Å²) in [5, 5.41) is 2.64. The van der Waals surface area contributed by atoms with Crippen LogP contribution in [0, 0.1) is 18.7 Å². The third-order valence-electron chi connectivity index (χ3n) is 4.34. The Kier molecular flexibility index (Phi) is 7.47. The minimum atomic E-state index is -0.927. The van der Waals surface area contributed by atoms with Gasteiger partial charge in [0.15, 0.2) is 24.0 Å². The van der Waals surface area contributed by atoms with E-state index in [4.69, 9.17) is 9.47 Å². The first kappa shape index (κ1) is 22.1. The highest BCUT2D eigenvalue weighted by Crippen LogP contribution is 2.18. The topological polar surface area (TPSA) is 81.7 Å². The lowest BCUT2D eigenvalue weighted by atomic mass is 10.0. The Hall–Kier alpha value is -3.22. The van der Waals surface area contributed by atoms with Crippen molar-refractivity contribution >= 4 is 17.7 Å². The number of ketones is 1. The molecule has 0 aliphatic carbocycles. The van der Waals surface area contributed by atoms with E-state index in [9.17, 15) is 18.8 Å². The van der Waals surface area contributed by atoms with E-state index in [2.05, 4.69) is 5.32 Å². The lowest BCUT2D eigenvalue weighted by molar-refractivity contribution is -0.145. The summed E-state index contributed by atoms with van der Waals surface area (Å²) in [5.74, 6) is -2.64. The molecule has 154 valence electrons. The molecule has 0 fully saturated rings. The van der Waals surface area contributed by atoms with E-state index in [1.165, 1.54) is 19.2 Å². The molecule has 1 amide bonds. The second-order valence-corrected chi connectivity index (χ2v) is 6.94. The lowest BCUT2D eigenvalue weighted by Gasteiger charge is -2.20. The van der Waals surface area contributed by atoms with Gasteiger partial charge in [0.05, 0.1) is 7.11 Å². The zero-order valence-electron chi connectivity index (χ0n) is 16.8. The number of rotatable bonds is 8. The standard InChI is InChI=1S/C22H24FNO5/c1-13(2)20(24-21(26)15-7-5-14(3)6-8-15)22(27)29-12-18(25)16-9-10-19(28-4)17(23)11-16/h5-11,13,20H,12H2,1-4H3,(H,24,26). The van der Waals surface area contributed by atoms with E-state index in [-0.39, 0.29) is 17.2 Å². The third-order valence-corrected chi connectivity index (χ3v) is 4.34. The molecule has 1 atom stereocenters. The molecule has 2 aromatic rings. The number of esters is 1. The Balaban J connectivity index is 2.00. The van der Waals surface area contributed by atoms with Gasteiger partial charge in [-0.25, -0.2) is 9.18 Å². The van der Waals surface area contributed by atoms with Gasteiger partial charge < -0.3 is 14.8 Å². The summed E-state index contributed by atoms with van der Waals surface area (Å²) >= 11 is 0. The minimum absolute atomic E-state index is 0.0113. The Morgan fingerprint density at radius 1 is 1.03 bits per heavy atom. The normalized spacial score (nSPS) is 11.7. The molecular weight excluding hydrogens is 377 g/mol. The highest BCUT2D eigenvalue weighted by molar-refractivity contribution is 5.99. The highest BCUT2D eigenvalue weighted by Gasteiger charge is 2.27. The smallest absolute Gasteiger partial charge is 0.329 e. The molecule has 0 radical (unpaired) electrons. The lowest BCUT2D eigenvalue weighted by Crippen LogP contribution is -2.45. The molecule has 0 saturated carbocycles. The van der Waals surface area contributed by atoms with E-state index >= 15 is 0 Å². The Morgan fingerprint density at radius 2 is 1.66 bits per heavy atom. The van der Waals surface area contributed by atoms with Crippen LogP contribution in [0.15, 0.2) is 42.5 Å². The highest BCUT2D eigenvalue weighted by atomic mass is 19.1. The van der Waals surface area contributed by atoms with Gasteiger partial charge in [0.1, 0.15) is 6.04 Å². The van der Waals surface area contributed by atoms with Crippen molar-refractivity contribution in [2.24, 2.45) is 5.92 Å². The predicted molar refractivity (Wildman–Crippen MR) is 106 cm³/mol. The second kappa shape index (κ2) is 9.82. The summed E-state index contributed by atoms with van der Waals surface area (Å²) in [7, 11) is 1.32. The SMILES string of the molecule is COc1ccc(C(=O)COC(=O)C(NC(=O)c2ccc(C)cc2)C(C)C)cc1F. The van der Waals surface area contributed by atoms with Crippen LogP contribution in [-0.2, 0) is 9.53 Å². The van der Waals surface area contributed by atoms with Crippen LogP contribution < -0.4 is 10.1 Å². The molecule has 0 saturated heterocycles. The van der Waals surface area contributed by atoms with E-state index < -0.39 is 36.1 Å². The molecule has 29 heavy (non-hydrogen) atoms. The van der Waals surface area contributed by atoms with Gasteiger partial charge in [0.2, 0.25) is 0 Å². The molecule has 2 rings (SSSR count). The van der Waals surface area contributed by atoms with E-state index in [1.54, 1.807) is 38.1 Å². The fraction of sp³-hybridized carbons (Fsp3) is 0.318. The zero-order chi connectivity index (χ0) is 21.6. The van der Waals surface area contributed by atoms with Gasteiger partial charge >= 0.3 is 5.97 Å². The molecule has 0 spiro atoms. The zero-order valence-corrected chi connectivity index (χ0v) is 16.8. The van der Waals surface area contributed by atoms with Crippen LogP contribution in [0.25, 0.3) is 0 Å². The quantitative estimate of drug-likeness (QED) is 0.542. The number of amides is 1. The van der Waals surface area contributed by atoms with Crippen molar-refractivity contribution in [2.75, 3.05) is 13.7 Å². The number of ether oxygens (including phenoxy) is 2. The number of nitrogens with one attached hydrogen (secondary N) is 1. The molecule has 0 aliphatic rings. The monoisotopic (exact) mass is 401 g/mol. The first-order valence-corrected chi connectivity index (χ1v) is 9.13. The molecule has 7 heteroatoms. The molecule has 0 bridgehead atoms. The Bertz CT molecular complexity index is 893. The first-order valence-electron chi connectivity index (χ1n) is 9.13.